The minimum atomic E-state index is -0.151. The average molecular weight is 537 g/mol. The number of nitrogens with two attached hydrogens (primary N) is 1. The number of carbonyl (C=O) groups excluding carboxylic acids is 2. The van der Waals surface area contributed by atoms with Gasteiger partial charge in [0.05, 0.1) is 17.5 Å². The van der Waals surface area contributed by atoms with Gasteiger partial charge in [0.2, 0.25) is 0 Å². The molecule has 2 saturated heterocycles. The highest BCUT2D eigenvalue weighted by molar-refractivity contribution is 6.43. The van der Waals surface area contributed by atoms with Crippen molar-refractivity contribution < 1.29 is 9.59 Å². The highest BCUT2D eigenvalue weighted by Crippen LogP contribution is 2.45. The third-order valence-corrected chi connectivity index (χ3v) is 8.24. The number of rotatable bonds is 5. The number of fused-ring (bicyclic) bond motifs is 3. The number of aromatic nitrogens is 6. The van der Waals surface area contributed by atoms with Crippen LogP contribution in [0, 0.1) is 0 Å². The molecule has 202 valence electrons. The number of nitrogens with one attached hydrogen (secondary N) is 1. The van der Waals surface area contributed by atoms with Crippen molar-refractivity contribution in [3.05, 3.63) is 48.2 Å². The quantitative estimate of drug-likeness (QED) is 0.370. The number of Topliss-reactive ketones (excluding diaryl/α,β-unsaturated/α-hetero) is 1. The fourth-order valence-electron chi connectivity index (χ4n) is 6.45. The number of carbonyl (C=O) groups is 2. The zero-order valence-electron chi connectivity index (χ0n) is 22.2. The normalized spacial score (nSPS) is 22.1. The van der Waals surface area contributed by atoms with Crippen molar-refractivity contribution in [2.45, 2.75) is 64.0 Å². The standard InChI is InChI=1S/C28H28N10O2/c1-14-9-22(36-35-14)28(40)37-18-4-5-19(37)11-17(10-18)24-23(15(2)39)25(29)38-27(34-24)20(13-33-38)16-3-6-21(32-12-16)26-30-7-8-31-26/h3,6-8,12-13,17-19H,4-5,9-11,29H2,1-2H3,(H,30,31)/t17?,18-,19+. The van der Waals surface area contributed by atoms with E-state index in [1.165, 1.54) is 11.4 Å². The molecule has 2 fully saturated rings. The van der Waals surface area contributed by atoms with E-state index in [-0.39, 0.29) is 35.5 Å². The highest BCUT2D eigenvalue weighted by atomic mass is 16.2. The Kier molecular flexibility index (Phi) is 5.58. The summed E-state index contributed by atoms with van der Waals surface area (Å²) in [6.07, 6.45) is 10.6. The van der Waals surface area contributed by atoms with Crippen LogP contribution in [-0.4, -0.2) is 69.6 Å². The Hall–Kier alpha value is -4.74. The first-order valence-corrected chi connectivity index (χ1v) is 13.5. The summed E-state index contributed by atoms with van der Waals surface area (Å²) in [7, 11) is 0. The smallest absolute Gasteiger partial charge is 0.271 e. The molecule has 12 nitrogen and oxygen atoms in total. The molecule has 2 bridgehead atoms. The molecular formula is C28H28N10O2. The van der Waals surface area contributed by atoms with Gasteiger partial charge in [-0.05, 0) is 45.6 Å². The van der Waals surface area contributed by atoms with Crippen LogP contribution >= 0.6 is 0 Å². The number of aromatic amines is 1. The van der Waals surface area contributed by atoms with Gasteiger partial charge in [0, 0.05) is 59.9 Å². The molecule has 0 saturated carbocycles. The van der Waals surface area contributed by atoms with Crippen molar-refractivity contribution in [3.8, 4) is 22.6 Å². The van der Waals surface area contributed by atoms with Crippen LogP contribution in [0.25, 0.3) is 28.3 Å². The monoisotopic (exact) mass is 536 g/mol. The Morgan fingerprint density at radius 1 is 1.07 bits per heavy atom. The van der Waals surface area contributed by atoms with Crippen molar-refractivity contribution in [2.24, 2.45) is 10.2 Å². The second-order valence-corrected chi connectivity index (χ2v) is 10.8. The number of H-pyrrole nitrogens is 1. The van der Waals surface area contributed by atoms with Crippen molar-refractivity contribution in [1.82, 2.24) is 34.4 Å². The lowest BCUT2D eigenvalue weighted by Gasteiger charge is -2.39. The first-order valence-electron chi connectivity index (χ1n) is 13.5. The van der Waals surface area contributed by atoms with Gasteiger partial charge in [-0.1, -0.05) is 6.07 Å². The number of hydrogen-bond donors (Lipinski definition) is 2. The topological polar surface area (TPSA) is 160 Å². The summed E-state index contributed by atoms with van der Waals surface area (Å²) in [5.41, 5.74) is 11.9. The number of amides is 1. The molecule has 3 N–H and O–H groups in total. The Morgan fingerprint density at radius 3 is 2.50 bits per heavy atom. The number of piperidine rings is 1. The zero-order chi connectivity index (χ0) is 27.5. The van der Waals surface area contributed by atoms with E-state index in [0.717, 1.165) is 35.4 Å². The van der Waals surface area contributed by atoms with Gasteiger partial charge >= 0.3 is 0 Å². The number of pyridine rings is 1. The van der Waals surface area contributed by atoms with Crippen LogP contribution in [-0.2, 0) is 4.79 Å². The Balaban J connectivity index is 1.24. The molecule has 12 heteroatoms. The van der Waals surface area contributed by atoms with Gasteiger partial charge in [0.1, 0.15) is 17.2 Å². The van der Waals surface area contributed by atoms with Gasteiger partial charge in [-0.15, -0.1) is 5.10 Å². The van der Waals surface area contributed by atoms with Crippen molar-refractivity contribution in [1.29, 1.82) is 0 Å². The van der Waals surface area contributed by atoms with Crippen LogP contribution in [0.2, 0.25) is 0 Å². The van der Waals surface area contributed by atoms with Crippen LogP contribution in [0.4, 0.5) is 5.82 Å². The molecule has 3 aliphatic rings. The third-order valence-electron chi connectivity index (χ3n) is 8.24. The number of nitrogens with zero attached hydrogens (tertiary/aromatic N) is 8. The summed E-state index contributed by atoms with van der Waals surface area (Å²) in [5, 5.41) is 12.7. The largest absolute Gasteiger partial charge is 0.383 e. The number of imidazole rings is 1. The maximum atomic E-state index is 13.3. The van der Waals surface area contributed by atoms with Gasteiger partial charge in [-0.25, -0.2) is 9.97 Å². The third kappa shape index (κ3) is 3.81. The minimum absolute atomic E-state index is 0.0153. The van der Waals surface area contributed by atoms with Gasteiger partial charge in [0.25, 0.3) is 5.91 Å². The second kappa shape index (κ2) is 9.18. The Morgan fingerprint density at radius 2 is 1.88 bits per heavy atom. The maximum absolute atomic E-state index is 13.3. The van der Waals surface area contributed by atoms with Crippen LogP contribution in [0.3, 0.4) is 0 Å². The number of hydrogen-bond acceptors (Lipinski definition) is 9. The summed E-state index contributed by atoms with van der Waals surface area (Å²) < 4.78 is 1.53. The van der Waals surface area contributed by atoms with Crippen LogP contribution in [0.1, 0.15) is 67.9 Å². The van der Waals surface area contributed by atoms with Gasteiger partial charge in [-0.2, -0.15) is 14.7 Å². The summed E-state index contributed by atoms with van der Waals surface area (Å²) in [5.74, 6) is 0.771. The van der Waals surface area contributed by atoms with Crippen LogP contribution < -0.4 is 5.73 Å². The SMILES string of the molecule is CC(=O)c1c(C2C[C@H]3CC[C@@H](C2)N3C(=O)C2=NN=C(C)C2)nc2c(-c3ccc(-c4ncc[nH]4)nc3)cnn2c1N. The van der Waals surface area contributed by atoms with E-state index in [1.54, 1.807) is 24.8 Å². The van der Waals surface area contributed by atoms with Crippen LogP contribution in [0.5, 0.6) is 0 Å². The molecule has 1 unspecified atom stereocenters. The second-order valence-electron chi connectivity index (χ2n) is 10.8. The minimum Gasteiger partial charge on any atom is -0.383 e. The van der Waals surface area contributed by atoms with E-state index in [4.69, 9.17) is 10.7 Å². The molecular weight excluding hydrogens is 508 g/mol. The fraction of sp³-hybridized carbons (Fsp3) is 0.357. The summed E-state index contributed by atoms with van der Waals surface area (Å²) >= 11 is 0. The zero-order valence-corrected chi connectivity index (χ0v) is 22.2. The van der Waals surface area contributed by atoms with Crippen molar-refractivity contribution in [2.75, 3.05) is 5.73 Å². The first kappa shape index (κ1) is 24.3. The molecule has 0 spiro atoms. The molecule has 0 aliphatic carbocycles. The number of anilines is 1. The molecule has 3 atom stereocenters. The lowest BCUT2D eigenvalue weighted by atomic mass is 9.85. The molecule has 40 heavy (non-hydrogen) atoms. The highest BCUT2D eigenvalue weighted by Gasteiger charge is 2.46. The lowest BCUT2D eigenvalue weighted by Crippen LogP contribution is -2.49. The van der Waals surface area contributed by atoms with Gasteiger partial charge < -0.3 is 15.6 Å². The van der Waals surface area contributed by atoms with Crippen molar-refractivity contribution in [3.63, 3.8) is 0 Å². The average Bonchev–Trinajstić information content (AvgIpc) is 3.75. The number of ketones is 1. The van der Waals surface area contributed by atoms with E-state index in [1.807, 2.05) is 24.0 Å². The van der Waals surface area contributed by atoms with E-state index < -0.39 is 0 Å². The summed E-state index contributed by atoms with van der Waals surface area (Å²) in [6.45, 7) is 3.40. The molecule has 4 aromatic rings. The molecule has 7 rings (SSSR count). The van der Waals surface area contributed by atoms with E-state index in [9.17, 15) is 9.59 Å². The molecule has 1 amide bonds. The lowest BCUT2D eigenvalue weighted by molar-refractivity contribution is -0.128. The van der Waals surface area contributed by atoms with E-state index >= 15 is 0 Å². The Bertz CT molecular complexity index is 1700. The van der Waals surface area contributed by atoms with Gasteiger partial charge in [-0.3, -0.25) is 14.6 Å². The molecule has 0 radical (unpaired) electrons. The predicted octanol–water partition coefficient (Wildman–Crippen LogP) is 3.42. The van der Waals surface area contributed by atoms with E-state index in [2.05, 4.69) is 30.3 Å². The predicted molar refractivity (Wildman–Crippen MR) is 149 cm³/mol. The maximum Gasteiger partial charge on any atom is 0.271 e. The molecule has 0 aromatic carbocycles. The summed E-state index contributed by atoms with van der Waals surface area (Å²) in [4.78, 5) is 45.1. The Labute approximate surface area is 229 Å². The van der Waals surface area contributed by atoms with Gasteiger partial charge in [0.15, 0.2) is 17.3 Å². The molecule has 3 aliphatic heterocycles. The molecule has 7 heterocycles. The van der Waals surface area contributed by atoms with Crippen LogP contribution in [0.15, 0.2) is 47.1 Å². The first-order chi connectivity index (χ1) is 19.4. The van der Waals surface area contributed by atoms with E-state index in [0.29, 0.717) is 47.7 Å². The summed E-state index contributed by atoms with van der Waals surface area (Å²) in [6, 6.07) is 3.94. The fourth-order valence-corrected chi connectivity index (χ4v) is 6.45. The van der Waals surface area contributed by atoms with Crippen molar-refractivity contribution >= 4 is 34.6 Å². The number of nitrogen functional groups attached to an aromatic ring is 1. The molecule has 4 aromatic heterocycles.